The average Bonchev–Trinajstić information content (AvgIpc) is 2.16. The molecule has 1 atom stereocenters. The molecule has 1 aromatic carbocycles. The van der Waals surface area contributed by atoms with Crippen LogP contribution in [0.4, 0.5) is 0 Å². The Morgan fingerprint density at radius 2 is 2.21 bits per heavy atom. The Labute approximate surface area is 84.3 Å². The molecule has 2 rings (SSSR count). The van der Waals surface area contributed by atoms with Crippen molar-refractivity contribution in [2.24, 2.45) is 5.73 Å². The molecule has 0 radical (unpaired) electrons. The Kier molecular flexibility index (Phi) is 2.26. The molecule has 0 fully saturated rings. The van der Waals surface area contributed by atoms with E-state index in [1.165, 1.54) is 11.1 Å². The van der Waals surface area contributed by atoms with Crippen molar-refractivity contribution in [1.82, 2.24) is 0 Å². The fraction of sp³-hybridized carbons (Fsp3) is 0.417. The van der Waals surface area contributed by atoms with E-state index in [0.717, 1.165) is 30.4 Å². The molecule has 0 amide bonds. The van der Waals surface area contributed by atoms with Crippen LogP contribution in [-0.4, -0.2) is 6.04 Å². The average molecular weight is 186 g/mol. The Morgan fingerprint density at radius 3 is 2.93 bits per heavy atom. The first-order valence-electron chi connectivity index (χ1n) is 4.99. The number of fused-ring (bicyclic) bond motifs is 1. The van der Waals surface area contributed by atoms with Crippen LogP contribution >= 0.6 is 0 Å². The van der Waals surface area contributed by atoms with Crippen molar-refractivity contribution in [3.63, 3.8) is 0 Å². The normalized spacial score (nSPS) is 19.9. The van der Waals surface area contributed by atoms with Gasteiger partial charge in [-0.15, -0.1) is 0 Å². The lowest BCUT2D eigenvalue weighted by Gasteiger charge is -2.22. The minimum atomic E-state index is 0.301. The van der Waals surface area contributed by atoms with E-state index >= 15 is 0 Å². The maximum Gasteiger partial charge on any atom is 0.0994 e. The topological polar surface area (TPSA) is 49.8 Å². The van der Waals surface area contributed by atoms with Crippen LogP contribution in [0.25, 0.3) is 0 Å². The quantitative estimate of drug-likeness (QED) is 0.670. The highest BCUT2D eigenvalue weighted by Crippen LogP contribution is 2.23. The van der Waals surface area contributed by atoms with Gasteiger partial charge in [0, 0.05) is 6.04 Å². The zero-order chi connectivity index (χ0) is 10.1. The van der Waals surface area contributed by atoms with Crippen molar-refractivity contribution < 1.29 is 0 Å². The molecule has 0 bridgehead atoms. The highest BCUT2D eigenvalue weighted by molar-refractivity contribution is 5.45. The summed E-state index contributed by atoms with van der Waals surface area (Å²) >= 11 is 0. The third-order valence-electron chi connectivity index (χ3n) is 2.93. The van der Waals surface area contributed by atoms with E-state index in [1.54, 1.807) is 0 Å². The number of rotatable bonds is 0. The van der Waals surface area contributed by atoms with E-state index in [1.807, 2.05) is 13.0 Å². The van der Waals surface area contributed by atoms with Gasteiger partial charge in [-0.3, -0.25) is 0 Å². The van der Waals surface area contributed by atoms with Gasteiger partial charge in [-0.2, -0.15) is 5.26 Å². The molecule has 1 aliphatic rings. The van der Waals surface area contributed by atoms with Crippen LogP contribution < -0.4 is 5.73 Å². The molecule has 14 heavy (non-hydrogen) atoms. The highest BCUT2D eigenvalue weighted by atomic mass is 14.6. The molecular formula is C12H14N2. The van der Waals surface area contributed by atoms with Gasteiger partial charge in [-0.05, 0) is 48.9 Å². The van der Waals surface area contributed by atoms with E-state index in [9.17, 15) is 0 Å². The van der Waals surface area contributed by atoms with E-state index in [-0.39, 0.29) is 0 Å². The molecule has 2 N–H and O–H groups in total. The first-order valence-corrected chi connectivity index (χ1v) is 4.99. The highest BCUT2D eigenvalue weighted by Gasteiger charge is 2.16. The summed E-state index contributed by atoms with van der Waals surface area (Å²) in [6.07, 6.45) is 3.02. The summed E-state index contributed by atoms with van der Waals surface area (Å²) in [6, 6.07) is 6.67. The number of hydrogen-bond donors (Lipinski definition) is 1. The number of nitriles is 1. The van der Waals surface area contributed by atoms with E-state index in [4.69, 9.17) is 11.0 Å². The van der Waals surface area contributed by atoms with Gasteiger partial charge in [-0.25, -0.2) is 0 Å². The Hall–Kier alpha value is -1.33. The first-order chi connectivity index (χ1) is 6.70. The first kappa shape index (κ1) is 9.23. The molecule has 72 valence electrons. The second-order valence-corrected chi connectivity index (χ2v) is 4.05. The monoisotopic (exact) mass is 186 g/mol. The maximum absolute atomic E-state index is 8.90. The molecule has 1 aliphatic carbocycles. The van der Waals surface area contributed by atoms with Gasteiger partial charge in [0.25, 0.3) is 0 Å². The number of nitrogens with two attached hydrogens (primary N) is 1. The fourth-order valence-corrected chi connectivity index (χ4v) is 2.08. The predicted octanol–water partition coefficient (Wildman–Crippen LogP) is 1.68. The molecule has 0 heterocycles. The van der Waals surface area contributed by atoms with Crippen LogP contribution in [0.5, 0.6) is 0 Å². The Morgan fingerprint density at radius 1 is 1.43 bits per heavy atom. The molecule has 0 spiro atoms. The summed E-state index contributed by atoms with van der Waals surface area (Å²) in [6.45, 7) is 1.99. The molecule has 0 aliphatic heterocycles. The van der Waals surface area contributed by atoms with Crippen molar-refractivity contribution in [3.8, 4) is 6.07 Å². The number of nitrogens with zero attached hydrogens (tertiary/aromatic N) is 1. The standard InChI is InChI=1S/C12H14N2/c1-8-4-10-6-12(14)3-2-9(10)5-11(8)7-13/h4-5,12H,2-3,6,14H2,1H3/t12-/m0/s1. The maximum atomic E-state index is 8.90. The molecule has 2 nitrogen and oxygen atoms in total. The van der Waals surface area contributed by atoms with Crippen LogP contribution in [0.15, 0.2) is 12.1 Å². The van der Waals surface area contributed by atoms with Gasteiger partial charge >= 0.3 is 0 Å². The summed E-state index contributed by atoms with van der Waals surface area (Å²) in [4.78, 5) is 0. The molecule has 0 saturated heterocycles. The number of aryl methyl sites for hydroxylation is 2. The third kappa shape index (κ3) is 1.51. The van der Waals surface area contributed by atoms with E-state index in [2.05, 4.69) is 12.1 Å². The minimum Gasteiger partial charge on any atom is -0.327 e. The second-order valence-electron chi connectivity index (χ2n) is 4.05. The van der Waals surface area contributed by atoms with Crippen molar-refractivity contribution in [2.75, 3.05) is 0 Å². The van der Waals surface area contributed by atoms with Gasteiger partial charge < -0.3 is 5.73 Å². The minimum absolute atomic E-state index is 0.301. The fourth-order valence-electron chi connectivity index (χ4n) is 2.08. The zero-order valence-corrected chi connectivity index (χ0v) is 8.38. The van der Waals surface area contributed by atoms with Crippen molar-refractivity contribution in [2.45, 2.75) is 32.2 Å². The van der Waals surface area contributed by atoms with Gasteiger partial charge in [-0.1, -0.05) is 6.07 Å². The lowest BCUT2D eigenvalue weighted by atomic mass is 9.86. The number of benzene rings is 1. The van der Waals surface area contributed by atoms with Crippen molar-refractivity contribution in [3.05, 3.63) is 34.4 Å². The van der Waals surface area contributed by atoms with E-state index < -0.39 is 0 Å². The van der Waals surface area contributed by atoms with Gasteiger partial charge in [0.15, 0.2) is 0 Å². The lowest BCUT2D eigenvalue weighted by Crippen LogP contribution is -2.27. The molecule has 2 heteroatoms. The number of hydrogen-bond acceptors (Lipinski definition) is 2. The molecule has 1 aromatic rings. The predicted molar refractivity (Wildman–Crippen MR) is 55.9 cm³/mol. The van der Waals surface area contributed by atoms with Crippen LogP contribution in [-0.2, 0) is 12.8 Å². The Balaban J connectivity index is 2.47. The summed E-state index contributed by atoms with van der Waals surface area (Å²) in [5.41, 5.74) is 10.4. The van der Waals surface area contributed by atoms with Crippen molar-refractivity contribution >= 4 is 0 Å². The lowest BCUT2D eigenvalue weighted by molar-refractivity contribution is 0.576. The molecular weight excluding hydrogens is 172 g/mol. The van der Waals surface area contributed by atoms with Gasteiger partial charge in [0.2, 0.25) is 0 Å². The molecule has 0 aromatic heterocycles. The molecule has 0 unspecified atom stereocenters. The summed E-state index contributed by atoms with van der Waals surface area (Å²) in [7, 11) is 0. The van der Waals surface area contributed by atoms with Crippen LogP contribution in [0.2, 0.25) is 0 Å². The van der Waals surface area contributed by atoms with Crippen LogP contribution in [0.1, 0.15) is 28.7 Å². The summed E-state index contributed by atoms with van der Waals surface area (Å²) in [5.74, 6) is 0. The zero-order valence-electron chi connectivity index (χ0n) is 8.38. The second kappa shape index (κ2) is 3.43. The third-order valence-corrected chi connectivity index (χ3v) is 2.93. The van der Waals surface area contributed by atoms with Crippen LogP contribution in [0, 0.1) is 18.3 Å². The summed E-state index contributed by atoms with van der Waals surface area (Å²) in [5, 5.41) is 8.90. The van der Waals surface area contributed by atoms with E-state index in [0.29, 0.717) is 6.04 Å². The Bertz CT molecular complexity index is 402. The van der Waals surface area contributed by atoms with Crippen LogP contribution in [0.3, 0.4) is 0 Å². The van der Waals surface area contributed by atoms with Gasteiger partial charge in [0.1, 0.15) is 0 Å². The van der Waals surface area contributed by atoms with Gasteiger partial charge in [0.05, 0.1) is 11.6 Å². The van der Waals surface area contributed by atoms with Crippen molar-refractivity contribution in [1.29, 1.82) is 5.26 Å². The SMILES string of the molecule is Cc1cc2c(cc1C#N)CC[C@H](N)C2. The largest absolute Gasteiger partial charge is 0.327 e. The summed E-state index contributed by atoms with van der Waals surface area (Å²) < 4.78 is 0. The smallest absolute Gasteiger partial charge is 0.0994 e. The molecule has 0 saturated carbocycles.